The molecular weight excluding hydrogens is 190 g/mol. The van der Waals surface area contributed by atoms with Gasteiger partial charge in [-0.05, 0) is 25.7 Å². The summed E-state index contributed by atoms with van der Waals surface area (Å²) >= 11 is 0. The van der Waals surface area contributed by atoms with Gasteiger partial charge in [-0.1, -0.05) is 13.8 Å². The molecule has 3 nitrogen and oxygen atoms in total. The Morgan fingerprint density at radius 1 is 1.20 bits per heavy atom. The highest BCUT2D eigenvalue weighted by Crippen LogP contribution is 2.25. The Balaban J connectivity index is 2.54. The molecule has 0 aromatic rings. The molecule has 1 aliphatic heterocycles. The minimum atomic E-state index is -0.356. The van der Waals surface area contributed by atoms with Crippen molar-refractivity contribution in [1.82, 2.24) is 4.90 Å². The highest BCUT2D eigenvalue weighted by atomic mass is 16.3. The molecule has 2 N–H and O–H groups in total. The fraction of sp³-hybridized carbons (Fsp3) is 1.00. The zero-order valence-corrected chi connectivity index (χ0v) is 10.2. The van der Waals surface area contributed by atoms with E-state index >= 15 is 0 Å². The van der Waals surface area contributed by atoms with Gasteiger partial charge in [0.1, 0.15) is 0 Å². The number of hydrogen-bond donors (Lipinski definition) is 2. The van der Waals surface area contributed by atoms with Crippen LogP contribution in [0.3, 0.4) is 0 Å². The van der Waals surface area contributed by atoms with Crippen LogP contribution >= 0.6 is 0 Å². The summed E-state index contributed by atoms with van der Waals surface area (Å²) in [7, 11) is 0. The maximum absolute atomic E-state index is 9.28. The van der Waals surface area contributed by atoms with Crippen molar-refractivity contribution in [2.45, 2.75) is 39.7 Å². The summed E-state index contributed by atoms with van der Waals surface area (Å²) in [6, 6.07) is 0.582. The molecule has 90 valence electrons. The first kappa shape index (κ1) is 12.9. The number of piperidine rings is 1. The molecule has 0 saturated carbocycles. The van der Waals surface area contributed by atoms with Gasteiger partial charge in [-0.15, -0.1) is 0 Å². The maximum atomic E-state index is 9.28. The molecule has 0 aliphatic carbocycles. The van der Waals surface area contributed by atoms with E-state index in [1.54, 1.807) is 0 Å². The van der Waals surface area contributed by atoms with Crippen molar-refractivity contribution in [3.05, 3.63) is 0 Å². The first-order chi connectivity index (χ1) is 7.00. The van der Waals surface area contributed by atoms with E-state index < -0.39 is 0 Å². The number of rotatable bonds is 4. The van der Waals surface area contributed by atoms with Gasteiger partial charge in [-0.3, -0.25) is 4.90 Å². The molecule has 3 heteroatoms. The fourth-order valence-electron chi connectivity index (χ4n) is 2.24. The van der Waals surface area contributed by atoms with Crippen LogP contribution in [0.4, 0.5) is 0 Å². The Hall–Kier alpha value is -0.120. The number of nitrogens with zero attached hydrogens (tertiary/aromatic N) is 1. The van der Waals surface area contributed by atoms with Gasteiger partial charge in [0.05, 0.1) is 13.2 Å². The normalized spacial score (nSPS) is 29.4. The number of likely N-dealkylation sites (tertiary alicyclic amines) is 1. The predicted octanol–water partition coefficient (Wildman–Crippen LogP) is 1.10. The first-order valence-corrected chi connectivity index (χ1v) is 5.96. The molecule has 1 aliphatic rings. The van der Waals surface area contributed by atoms with E-state index in [9.17, 15) is 10.2 Å². The highest BCUT2D eigenvalue weighted by Gasteiger charge is 2.30. The van der Waals surface area contributed by atoms with Crippen LogP contribution < -0.4 is 0 Å². The summed E-state index contributed by atoms with van der Waals surface area (Å²) in [5.74, 6) is 0.739. The molecule has 1 saturated heterocycles. The van der Waals surface area contributed by atoms with E-state index in [0.29, 0.717) is 6.04 Å². The van der Waals surface area contributed by atoms with Crippen LogP contribution in [0.15, 0.2) is 0 Å². The second-order valence-electron chi connectivity index (χ2n) is 5.59. The van der Waals surface area contributed by atoms with Crippen molar-refractivity contribution >= 4 is 0 Å². The van der Waals surface area contributed by atoms with Crippen LogP contribution in [0.5, 0.6) is 0 Å². The lowest BCUT2D eigenvalue weighted by molar-refractivity contribution is 0.00681. The molecule has 1 heterocycles. The molecule has 0 aromatic heterocycles. The number of hydrogen-bond acceptors (Lipinski definition) is 3. The van der Waals surface area contributed by atoms with Crippen molar-refractivity contribution in [3.63, 3.8) is 0 Å². The Morgan fingerprint density at radius 3 is 2.33 bits per heavy atom. The van der Waals surface area contributed by atoms with Crippen LogP contribution in [0.2, 0.25) is 0 Å². The van der Waals surface area contributed by atoms with Gasteiger partial charge in [0.25, 0.3) is 0 Å². The topological polar surface area (TPSA) is 43.7 Å². The molecule has 2 unspecified atom stereocenters. The molecular formula is C12H25NO2. The van der Waals surface area contributed by atoms with Crippen LogP contribution in [-0.2, 0) is 0 Å². The summed E-state index contributed by atoms with van der Waals surface area (Å²) in [5.41, 5.74) is -0.356. The van der Waals surface area contributed by atoms with Crippen LogP contribution in [0.1, 0.15) is 33.6 Å². The van der Waals surface area contributed by atoms with Crippen molar-refractivity contribution in [2.75, 3.05) is 26.3 Å². The summed E-state index contributed by atoms with van der Waals surface area (Å²) in [6.07, 6.45) is 2.53. The van der Waals surface area contributed by atoms with E-state index in [4.69, 9.17) is 0 Å². The van der Waals surface area contributed by atoms with Gasteiger partial charge in [-0.2, -0.15) is 0 Å². The van der Waals surface area contributed by atoms with Gasteiger partial charge in [0.15, 0.2) is 0 Å². The third kappa shape index (κ3) is 3.44. The molecule has 0 spiro atoms. The molecule has 0 bridgehead atoms. The zero-order chi connectivity index (χ0) is 11.5. The van der Waals surface area contributed by atoms with E-state index in [-0.39, 0.29) is 18.6 Å². The predicted molar refractivity (Wildman–Crippen MR) is 61.7 cm³/mol. The lowest BCUT2D eigenvalue weighted by atomic mass is 9.88. The maximum Gasteiger partial charge on any atom is 0.0519 e. The lowest BCUT2D eigenvalue weighted by Crippen LogP contribution is -2.48. The van der Waals surface area contributed by atoms with E-state index in [0.717, 1.165) is 19.0 Å². The summed E-state index contributed by atoms with van der Waals surface area (Å²) in [5, 5.41) is 18.6. The molecule has 0 amide bonds. The van der Waals surface area contributed by atoms with Gasteiger partial charge < -0.3 is 10.2 Å². The third-order valence-corrected chi connectivity index (χ3v) is 3.60. The molecule has 0 aromatic carbocycles. The zero-order valence-electron chi connectivity index (χ0n) is 10.2. The number of aliphatic hydroxyl groups is 2. The fourth-order valence-corrected chi connectivity index (χ4v) is 2.24. The Bertz CT molecular complexity index is 192. The summed E-state index contributed by atoms with van der Waals surface area (Å²) in [4.78, 5) is 2.40. The average molecular weight is 215 g/mol. The van der Waals surface area contributed by atoms with E-state index in [1.165, 1.54) is 12.8 Å². The highest BCUT2D eigenvalue weighted by molar-refractivity contribution is 4.83. The van der Waals surface area contributed by atoms with Gasteiger partial charge >= 0.3 is 0 Å². The second-order valence-corrected chi connectivity index (χ2v) is 5.59. The summed E-state index contributed by atoms with van der Waals surface area (Å²) < 4.78 is 0. The lowest BCUT2D eigenvalue weighted by Gasteiger charge is -2.41. The van der Waals surface area contributed by atoms with Gasteiger partial charge in [-0.25, -0.2) is 0 Å². The average Bonchev–Trinajstić information content (AvgIpc) is 2.23. The van der Waals surface area contributed by atoms with Gasteiger partial charge in [0.2, 0.25) is 0 Å². The minimum Gasteiger partial charge on any atom is -0.396 e. The Labute approximate surface area is 93.1 Å². The molecule has 1 fully saturated rings. The molecule has 15 heavy (non-hydrogen) atoms. The van der Waals surface area contributed by atoms with Gasteiger partial charge in [0, 0.05) is 24.5 Å². The van der Waals surface area contributed by atoms with Crippen molar-refractivity contribution in [3.8, 4) is 0 Å². The van der Waals surface area contributed by atoms with Crippen molar-refractivity contribution in [1.29, 1.82) is 0 Å². The standard InChI is InChI=1S/C12H25NO2/c1-10-4-5-11(2)13(6-10)7-12(3,8-14)9-15/h10-11,14-15H,4-9H2,1-3H3. The quantitative estimate of drug-likeness (QED) is 0.738. The third-order valence-electron chi connectivity index (χ3n) is 3.60. The van der Waals surface area contributed by atoms with Crippen molar-refractivity contribution < 1.29 is 10.2 Å². The van der Waals surface area contributed by atoms with Crippen LogP contribution in [-0.4, -0.2) is 47.5 Å². The first-order valence-electron chi connectivity index (χ1n) is 5.96. The van der Waals surface area contributed by atoms with Crippen LogP contribution in [0.25, 0.3) is 0 Å². The summed E-state index contributed by atoms with van der Waals surface area (Å²) in [6.45, 7) is 8.46. The largest absolute Gasteiger partial charge is 0.396 e. The second kappa shape index (κ2) is 5.28. The Morgan fingerprint density at radius 2 is 1.80 bits per heavy atom. The minimum absolute atomic E-state index is 0.0566. The molecule has 1 rings (SSSR count). The molecule has 2 atom stereocenters. The van der Waals surface area contributed by atoms with Crippen molar-refractivity contribution in [2.24, 2.45) is 11.3 Å². The molecule has 0 radical (unpaired) electrons. The Kier molecular flexibility index (Phi) is 4.56. The van der Waals surface area contributed by atoms with Crippen LogP contribution in [0, 0.1) is 11.3 Å². The number of aliphatic hydroxyl groups excluding tert-OH is 2. The SMILES string of the molecule is CC1CCC(C)N(CC(C)(CO)CO)C1. The van der Waals surface area contributed by atoms with E-state index in [1.807, 2.05) is 6.92 Å². The monoisotopic (exact) mass is 215 g/mol. The van der Waals surface area contributed by atoms with E-state index in [2.05, 4.69) is 18.7 Å². The smallest absolute Gasteiger partial charge is 0.0519 e.